The first kappa shape index (κ1) is 17.3. The summed E-state index contributed by atoms with van der Waals surface area (Å²) in [5.74, 6) is -1.77. The molecule has 0 aliphatic rings. The van der Waals surface area contributed by atoms with Crippen LogP contribution in [0.15, 0.2) is 54.7 Å². The van der Waals surface area contributed by atoms with Crippen LogP contribution < -0.4 is 0 Å². The van der Waals surface area contributed by atoms with E-state index in [0.717, 1.165) is 33.9 Å². The number of rotatable bonds is 3. The molecule has 2 heterocycles. The molecule has 4 N–H and O–H groups in total. The minimum atomic E-state index is -0.891. The molecule has 132 valence electrons. The van der Waals surface area contributed by atoms with Crippen LogP contribution in [-0.2, 0) is 6.42 Å². The third-order valence-electron chi connectivity index (χ3n) is 4.10. The van der Waals surface area contributed by atoms with Crippen LogP contribution in [-0.4, -0.2) is 32.1 Å². The third kappa shape index (κ3) is 3.59. The van der Waals surface area contributed by atoms with Crippen LogP contribution in [0.1, 0.15) is 33.3 Å². The van der Waals surface area contributed by atoms with Gasteiger partial charge in [-0.15, -0.1) is 0 Å². The number of benzene rings is 2. The Labute approximate surface area is 149 Å². The Morgan fingerprint density at radius 3 is 2.08 bits per heavy atom. The topological polar surface area (TPSA) is 106 Å². The van der Waals surface area contributed by atoms with E-state index in [2.05, 4.69) is 16.9 Å². The van der Waals surface area contributed by atoms with Crippen LogP contribution in [0.2, 0.25) is 0 Å². The molecule has 2 aromatic carbocycles. The zero-order chi connectivity index (χ0) is 18.7. The monoisotopic (exact) mass is 350 g/mol. The van der Waals surface area contributed by atoms with Gasteiger partial charge in [0.1, 0.15) is 0 Å². The van der Waals surface area contributed by atoms with Gasteiger partial charge in [0.2, 0.25) is 0 Å². The number of hydrogen-bond acceptors (Lipinski definition) is 2. The largest absolute Gasteiger partial charge is 0.478 e. The van der Waals surface area contributed by atoms with Crippen molar-refractivity contribution in [3.8, 4) is 0 Å². The lowest BCUT2D eigenvalue weighted by Gasteiger charge is -1.93. The molecule has 4 rings (SSSR count). The fraction of sp³-hybridized carbons (Fsp3) is 0.100. The van der Waals surface area contributed by atoms with Crippen LogP contribution in [0.25, 0.3) is 21.8 Å². The molecule has 0 radical (unpaired) electrons. The lowest BCUT2D eigenvalue weighted by molar-refractivity contribution is 0.0686. The van der Waals surface area contributed by atoms with Gasteiger partial charge in [-0.1, -0.05) is 6.92 Å². The Kier molecular flexibility index (Phi) is 4.75. The Bertz CT molecular complexity index is 1090. The van der Waals surface area contributed by atoms with Crippen molar-refractivity contribution in [2.45, 2.75) is 13.3 Å². The number of carbonyl (C=O) groups is 2. The number of aromatic nitrogens is 2. The highest BCUT2D eigenvalue weighted by Gasteiger charge is 2.05. The molecule has 0 atom stereocenters. The molecule has 0 unspecified atom stereocenters. The zero-order valence-corrected chi connectivity index (χ0v) is 14.1. The van der Waals surface area contributed by atoms with Crippen molar-refractivity contribution < 1.29 is 19.8 Å². The van der Waals surface area contributed by atoms with Crippen LogP contribution >= 0.6 is 0 Å². The standard InChI is InChI=1S/C11H11NO2.C9H7NO2/c1-2-9-6-8-5-7(11(13)14)3-4-10(8)12-9;11-9(12)7-1-2-8-6(5-7)3-4-10-8/h3-6,12H,2H2,1H3,(H,13,14);1-5,10H,(H,11,12). The average Bonchev–Trinajstić information content (AvgIpc) is 3.26. The first-order valence-electron chi connectivity index (χ1n) is 8.13. The van der Waals surface area contributed by atoms with Gasteiger partial charge in [-0.05, 0) is 55.0 Å². The van der Waals surface area contributed by atoms with E-state index in [0.29, 0.717) is 11.1 Å². The molecule has 6 nitrogen and oxygen atoms in total. The van der Waals surface area contributed by atoms with Crippen molar-refractivity contribution in [1.29, 1.82) is 0 Å². The van der Waals surface area contributed by atoms with E-state index in [-0.39, 0.29) is 0 Å². The van der Waals surface area contributed by atoms with Gasteiger partial charge in [0.15, 0.2) is 0 Å². The molecule has 0 aliphatic heterocycles. The first-order chi connectivity index (χ1) is 12.5. The van der Waals surface area contributed by atoms with E-state index in [9.17, 15) is 9.59 Å². The summed E-state index contributed by atoms with van der Waals surface area (Å²) in [5.41, 5.74) is 3.73. The predicted octanol–water partition coefficient (Wildman–Crippen LogP) is 4.29. The molecule has 0 aliphatic carbocycles. The molecular formula is C20H18N2O4. The first-order valence-corrected chi connectivity index (χ1v) is 8.13. The molecule has 26 heavy (non-hydrogen) atoms. The Morgan fingerprint density at radius 1 is 0.846 bits per heavy atom. The van der Waals surface area contributed by atoms with Crippen LogP contribution in [0, 0.1) is 0 Å². The quantitative estimate of drug-likeness (QED) is 0.442. The lowest BCUT2D eigenvalue weighted by atomic mass is 10.1. The molecule has 0 amide bonds. The number of H-pyrrole nitrogens is 2. The van der Waals surface area contributed by atoms with Crippen LogP contribution in [0.5, 0.6) is 0 Å². The van der Waals surface area contributed by atoms with Gasteiger partial charge >= 0.3 is 11.9 Å². The van der Waals surface area contributed by atoms with Crippen molar-refractivity contribution in [1.82, 2.24) is 9.97 Å². The molecule has 0 spiro atoms. The van der Waals surface area contributed by atoms with E-state index < -0.39 is 11.9 Å². The zero-order valence-electron chi connectivity index (χ0n) is 14.1. The van der Waals surface area contributed by atoms with Crippen LogP contribution in [0.3, 0.4) is 0 Å². The number of carboxylic acid groups (broad SMARTS) is 2. The molecule has 2 aromatic heterocycles. The number of nitrogens with one attached hydrogen (secondary N) is 2. The Hall–Kier alpha value is -3.54. The maximum Gasteiger partial charge on any atom is 0.335 e. The van der Waals surface area contributed by atoms with Gasteiger partial charge in [-0.25, -0.2) is 9.59 Å². The SMILES string of the molecule is CCc1cc2cc(C(=O)O)ccc2[nH]1.O=C(O)c1ccc2[nH]ccc2c1. The van der Waals surface area contributed by atoms with Gasteiger partial charge in [0.25, 0.3) is 0 Å². The number of aromatic carboxylic acids is 2. The van der Waals surface area contributed by atoms with Gasteiger partial charge in [0.05, 0.1) is 11.1 Å². The lowest BCUT2D eigenvalue weighted by Crippen LogP contribution is -1.94. The summed E-state index contributed by atoms with van der Waals surface area (Å²) in [5, 5.41) is 19.4. The minimum absolute atomic E-state index is 0.321. The van der Waals surface area contributed by atoms with E-state index in [4.69, 9.17) is 10.2 Å². The van der Waals surface area contributed by atoms with Gasteiger partial charge in [0, 0.05) is 33.7 Å². The highest BCUT2D eigenvalue weighted by atomic mass is 16.4. The molecule has 0 saturated carbocycles. The summed E-state index contributed by atoms with van der Waals surface area (Å²) in [6.45, 7) is 2.06. The molecule has 4 aromatic rings. The number of fused-ring (bicyclic) bond motifs is 2. The third-order valence-corrected chi connectivity index (χ3v) is 4.10. The molecule has 0 bridgehead atoms. The van der Waals surface area contributed by atoms with Crippen molar-refractivity contribution in [2.75, 3.05) is 0 Å². The van der Waals surface area contributed by atoms with Gasteiger partial charge in [-0.2, -0.15) is 0 Å². The maximum atomic E-state index is 10.7. The van der Waals surface area contributed by atoms with Gasteiger partial charge < -0.3 is 20.2 Å². The molecule has 0 fully saturated rings. The predicted molar refractivity (Wildman–Crippen MR) is 99.9 cm³/mol. The Balaban J connectivity index is 0.000000152. The second-order valence-electron chi connectivity index (χ2n) is 5.84. The average molecular weight is 350 g/mol. The van der Waals surface area contributed by atoms with Crippen molar-refractivity contribution in [2.24, 2.45) is 0 Å². The van der Waals surface area contributed by atoms with E-state index in [1.807, 2.05) is 12.1 Å². The highest BCUT2D eigenvalue weighted by molar-refractivity contribution is 5.94. The maximum absolute atomic E-state index is 10.7. The highest BCUT2D eigenvalue weighted by Crippen LogP contribution is 2.17. The fourth-order valence-corrected chi connectivity index (χ4v) is 2.70. The summed E-state index contributed by atoms with van der Waals surface area (Å²) in [7, 11) is 0. The van der Waals surface area contributed by atoms with Crippen LogP contribution in [0.4, 0.5) is 0 Å². The van der Waals surface area contributed by atoms with Crippen molar-refractivity contribution >= 4 is 33.7 Å². The van der Waals surface area contributed by atoms with E-state index >= 15 is 0 Å². The number of hydrogen-bond donors (Lipinski definition) is 4. The fourth-order valence-electron chi connectivity index (χ4n) is 2.70. The summed E-state index contributed by atoms with van der Waals surface area (Å²) in [4.78, 5) is 27.5. The van der Waals surface area contributed by atoms with E-state index in [1.165, 1.54) is 0 Å². The number of aryl methyl sites for hydroxylation is 1. The van der Waals surface area contributed by atoms with E-state index in [1.54, 1.807) is 42.6 Å². The second-order valence-corrected chi connectivity index (χ2v) is 5.84. The minimum Gasteiger partial charge on any atom is -0.478 e. The summed E-state index contributed by atoms with van der Waals surface area (Å²) in [6, 6.07) is 13.9. The van der Waals surface area contributed by atoms with Crippen molar-refractivity contribution in [3.05, 3.63) is 71.5 Å². The summed E-state index contributed by atoms with van der Waals surface area (Å²) >= 11 is 0. The van der Waals surface area contributed by atoms with Crippen molar-refractivity contribution in [3.63, 3.8) is 0 Å². The molecular weight excluding hydrogens is 332 g/mol. The molecule has 6 heteroatoms. The second kappa shape index (κ2) is 7.14. The number of aromatic amines is 2. The number of carboxylic acids is 2. The smallest absolute Gasteiger partial charge is 0.335 e. The summed E-state index contributed by atoms with van der Waals surface area (Å²) in [6.07, 6.45) is 2.72. The molecule has 0 saturated heterocycles. The summed E-state index contributed by atoms with van der Waals surface area (Å²) < 4.78 is 0. The van der Waals surface area contributed by atoms with Gasteiger partial charge in [-0.3, -0.25) is 0 Å². The normalized spacial score (nSPS) is 10.5. The Morgan fingerprint density at radius 2 is 1.46 bits per heavy atom.